The molecule has 2 aromatic carbocycles. The molecule has 0 unspecified atom stereocenters. The highest BCUT2D eigenvalue weighted by molar-refractivity contribution is 6.04. The maximum Gasteiger partial charge on any atom is 0.452 e. The van der Waals surface area contributed by atoms with Crippen LogP contribution in [0.3, 0.4) is 0 Å². The Morgan fingerprint density at radius 2 is 1.72 bits per heavy atom. The first-order chi connectivity index (χ1) is 14.9. The largest absolute Gasteiger partial charge is 0.490 e. The molecule has 2 heterocycles. The summed E-state index contributed by atoms with van der Waals surface area (Å²) in [6.45, 7) is 1.78. The highest BCUT2D eigenvalue weighted by Gasteiger charge is 2.42. The van der Waals surface area contributed by atoms with Gasteiger partial charge in [-0.1, -0.05) is 18.2 Å². The number of rotatable bonds is 5. The zero-order chi connectivity index (χ0) is 21.8. The van der Waals surface area contributed by atoms with E-state index in [2.05, 4.69) is 15.6 Å². The molecule has 10 heteroatoms. The number of alkyl halides is 3. The van der Waals surface area contributed by atoms with E-state index in [0.29, 0.717) is 17.0 Å². The van der Waals surface area contributed by atoms with E-state index in [0.717, 1.165) is 25.9 Å². The van der Waals surface area contributed by atoms with Crippen LogP contribution in [0.25, 0.3) is 11.5 Å². The van der Waals surface area contributed by atoms with Crippen molar-refractivity contribution in [3.8, 4) is 17.2 Å². The number of carbonyl (C=O) groups is 1. The monoisotopic (exact) mass is 467 g/mol. The first-order valence-electron chi connectivity index (χ1n) is 9.82. The number of halogens is 4. The van der Waals surface area contributed by atoms with Crippen molar-refractivity contribution in [2.75, 3.05) is 18.4 Å². The number of aromatic nitrogens is 1. The highest BCUT2D eigenvalue weighted by Crippen LogP contribution is 2.35. The Morgan fingerprint density at radius 3 is 2.34 bits per heavy atom. The molecule has 0 radical (unpaired) electrons. The van der Waals surface area contributed by atoms with E-state index in [1.165, 1.54) is 0 Å². The maximum atomic E-state index is 13.4. The van der Waals surface area contributed by atoms with E-state index in [-0.39, 0.29) is 24.4 Å². The Kier molecular flexibility index (Phi) is 7.42. The molecule has 6 nitrogen and oxygen atoms in total. The number of piperidine rings is 1. The molecule has 1 aliphatic rings. The Hall–Kier alpha value is -3.04. The number of benzene rings is 2. The molecule has 4 rings (SSSR count). The summed E-state index contributed by atoms with van der Waals surface area (Å²) in [7, 11) is 0. The van der Waals surface area contributed by atoms with Crippen molar-refractivity contribution in [3.63, 3.8) is 0 Å². The van der Waals surface area contributed by atoms with Crippen LogP contribution in [-0.4, -0.2) is 30.1 Å². The third kappa shape index (κ3) is 5.60. The third-order valence-corrected chi connectivity index (χ3v) is 4.82. The molecular formula is C22H21ClF3N3O3. The molecule has 1 fully saturated rings. The maximum absolute atomic E-state index is 13.4. The molecular weight excluding hydrogens is 447 g/mol. The molecule has 1 aliphatic heterocycles. The van der Waals surface area contributed by atoms with E-state index < -0.39 is 23.5 Å². The van der Waals surface area contributed by atoms with Gasteiger partial charge in [0.1, 0.15) is 11.9 Å². The van der Waals surface area contributed by atoms with Crippen molar-refractivity contribution in [1.82, 2.24) is 10.3 Å². The van der Waals surface area contributed by atoms with Crippen LogP contribution in [0.15, 0.2) is 59.0 Å². The lowest BCUT2D eigenvalue weighted by Gasteiger charge is -2.23. The molecule has 2 N–H and O–H groups in total. The fourth-order valence-corrected chi connectivity index (χ4v) is 3.28. The van der Waals surface area contributed by atoms with Crippen molar-refractivity contribution in [1.29, 1.82) is 0 Å². The molecule has 1 amide bonds. The van der Waals surface area contributed by atoms with Crippen LogP contribution >= 0.6 is 12.4 Å². The lowest BCUT2D eigenvalue weighted by Crippen LogP contribution is -2.34. The van der Waals surface area contributed by atoms with Crippen molar-refractivity contribution >= 4 is 24.0 Å². The van der Waals surface area contributed by atoms with Gasteiger partial charge in [-0.25, -0.2) is 4.98 Å². The van der Waals surface area contributed by atoms with E-state index >= 15 is 0 Å². The third-order valence-electron chi connectivity index (χ3n) is 4.82. The second-order valence-corrected chi connectivity index (χ2v) is 7.11. The lowest BCUT2D eigenvalue weighted by atomic mass is 10.1. The van der Waals surface area contributed by atoms with Gasteiger partial charge in [-0.2, -0.15) is 13.2 Å². The molecule has 0 aliphatic carbocycles. The molecule has 1 aromatic heterocycles. The average Bonchev–Trinajstić information content (AvgIpc) is 3.23. The van der Waals surface area contributed by atoms with Crippen molar-refractivity contribution in [3.05, 3.63) is 66.1 Å². The number of anilines is 1. The first kappa shape index (κ1) is 23.6. The summed E-state index contributed by atoms with van der Waals surface area (Å²) >= 11 is 0. The first-order valence-corrected chi connectivity index (χ1v) is 9.82. The standard InChI is InChI=1S/C22H20F3N3O3.ClH/c23-22(24,25)19-18(28-21(31-19)14-4-2-1-3-5-14)20(29)27-15-6-8-16(9-7-15)30-17-10-12-26-13-11-17;/h1-9,17,26H,10-13H2,(H,27,29);1H. The van der Waals surface area contributed by atoms with Gasteiger partial charge >= 0.3 is 6.18 Å². The van der Waals surface area contributed by atoms with Gasteiger partial charge < -0.3 is 19.8 Å². The number of carbonyl (C=O) groups excluding carboxylic acids is 1. The normalized spacial score (nSPS) is 14.5. The molecule has 0 bridgehead atoms. The van der Waals surface area contributed by atoms with Crippen molar-refractivity contribution < 1.29 is 27.1 Å². The Bertz CT molecular complexity index is 1030. The Balaban J connectivity index is 0.00000289. The zero-order valence-corrected chi connectivity index (χ0v) is 17.6. The molecule has 32 heavy (non-hydrogen) atoms. The summed E-state index contributed by atoms with van der Waals surface area (Å²) in [6.07, 6.45) is -2.95. The topological polar surface area (TPSA) is 76.4 Å². The van der Waals surface area contributed by atoms with Gasteiger partial charge in [0.25, 0.3) is 5.91 Å². The summed E-state index contributed by atoms with van der Waals surface area (Å²) < 4.78 is 51.0. The van der Waals surface area contributed by atoms with E-state index in [9.17, 15) is 18.0 Å². The highest BCUT2D eigenvalue weighted by atomic mass is 35.5. The van der Waals surface area contributed by atoms with Crippen molar-refractivity contribution in [2.45, 2.75) is 25.1 Å². The number of oxazole rings is 1. The van der Waals surface area contributed by atoms with Gasteiger partial charge in [0, 0.05) is 11.3 Å². The summed E-state index contributed by atoms with van der Waals surface area (Å²) in [6, 6.07) is 14.6. The van der Waals surface area contributed by atoms with Crippen LogP contribution in [0.2, 0.25) is 0 Å². The fourth-order valence-electron chi connectivity index (χ4n) is 3.28. The molecule has 170 valence electrons. The van der Waals surface area contributed by atoms with Crippen molar-refractivity contribution in [2.24, 2.45) is 0 Å². The van der Waals surface area contributed by atoms with E-state index in [1.54, 1.807) is 54.6 Å². The number of nitrogens with one attached hydrogen (secondary N) is 2. The SMILES string of the molecule is Cl.O=C(Nc1ccc(OC2CCNCC2)cc1)c1nc(-c2ccccc2)oc1C(F)(F)F. The van der Waals surface area contributed by atoms with Crippen LogP contribution in [-0.2, 0) is 6.18 Å². The molecule has 0 atom stereocenters. The fraction of sp³-hybridized carbons (Fsp3) is 0.273. The van der Waals surface area contributed by atoms with Crippen LogP contribution in [0.1, 0.15) is 29.1 Å². The Labute approximate surface area is 188 Å². The van der Waals surface area contributed by atoms with E-state index in [4.69, 9.17) is 9.15 Å². The van der Waals surface area contributed by atoms with E-state index in [1.807, 2.05) is 0 Å². The second-order valence-electron chi connectivity index (χ2n) is 7.11. The van der Waals surface area contributed by atoms with Crippen LogP contribution in [0, 0.1) is 0 Å². The minimum atomic E-state index is -4.86. The van der Waals surface area contributed by atoms with Crippen LogP contribution in [0.5, 0.6) is 5.75 Å². The minimum absolute atomic E-state index is 0. The quantitative estimate of drug-likeness (QED) is 0.541. The van der Waals surface area contributed by atoms with Gasteiger partial charge in [0.05, 0.1) is 0 Å². The number of hydrogen-bond donors (Lipinski definition) is 2. The number of hydrogen-bond acceptors (Lipinski definition) is 5. The number of nitrogens with zero attached hydrogens (tertiary/aromatic N) is 1. The van der Waals surface area contributed by atoms with Crippen LogP contribution in [0.4, 0.5) is 18.9 Å². The minimum Gasteiger partial charge on any atom is -0.490 e. The smallest absolute Gasteiger partial charge is 0.452 e. The second kappa shape index (κ2) is 10.1. The number of ether oxygens (including phenoxy) is 1. The predicted molar refractivity (Wildman–Crippen MR) is 115 cm³/mol. The summed E-state index contributed by atoms with van der Waals surface area (Å²) in [5.74, 6) is -2.09. The summed E-state index contributed by atoms with van der Waals surface area (Å²) in [4.78, 5) is 16.4. The number of amides is 1. The van der Waals surface area contributed by atoms with Gasteiger partial charge in [0.2, 0.25) is 11.7 Å². The summed E-state index contributed by atoms with van der Waals surface area (Å²) in [5.41, 5.74) is -0.159. The van der Waals surface area contributed by atoms with Crippen LogP contribution < -0.4 is 15.4 Å². The van der Waals surface area contributed by atoms with Gasteiger partial charge in [0.15, 0.2) is 5.69 Å². The average molecular weight is 468 g/mol. The summed E-state index contributed by atoms with van der Waals surface area (Å²) in [5, 5.41) is 5.69. The molecule has 3 aromatic rings. The Morgan fingerprint density at radius 1 is 1.06 bits per heavy atom. The molecule has 0 saturated carbocycles. The zero-order valence-electron chi connectivity index (χ0n) is 16.8. The molecule has 0 spiro atoms. The van der Waals surface area contributed by atoms with Gasteiger partial charge in [-0.15, -0.1) is 12.4 Å². The van der Waals surface area contributed by atoms with Gasteiger partial charge in [-0.3, -0.25) is 4.79 Å². The predicted octanol–water partition coefficient (Wildman–Crippen LogP) is 5.17. The lowest BCUT2D eigenvalue weighted by molar-refractivity contribution is -0.153. The molecule has 1 saturated heterocycles. The van der Waals surface area contributed by atoms with Gasteiger partial charge in [-0.05, 0) is 62.3 Å².